The van der Waals surface area contributed by atoms with Gasteiger partial charge in [0.15, 0.2) is 9.84 Å². The van der Waals surface area contributed by atoms with Gasteiger partial charge in [-0.2, -0.15) is 0 Å². The Morgan fingerprint density at radius 2 is 1.88 bits per heavy atom. The highest BCUT2D eigenvalue weighted by Crippen LogP contribution is 2.16. The second kappa shape index (κ2) is 4.49. The van der Waals surface area contributed by atoms with Gasteiger partial charge in [-0.25, -0.2) is 8.42 Å². The van der Waals surface area contributed by atoms with E-state index in [-0.39, 0.29) is 10.8 Å². The third-order valence-corrected chi connectivity index (χ3v) is 4.01. The van der Waals surface area contributed by atoms with Crippen LogP contribution in [0.1, 0.15) is 23.2 Å². The van der Waals surface area contributed by atoms with Crippen molar-refractivity contribution in [3.63, 3.8) is 0 Å². The quantitative estimate of drug-likeness (QED) is 0.799. The summed E-state index contributed by atoms with van der Waals surface area (Å²) in [6, 6.07) is 6.24. The molecule has 4 nitrogen and oxygen atoms in total. The maximum atomic E-state index is 12.1. The Kier molecular flexibility index (Phi) is 3.19. The summed E-state index contributed by atoms with van der Waals surface area (Å²) in [6.45, 7) is 1.53. The maximum Gasteiger partial charge on any atom is 0.253 e. The highest BCUT2D eigenvalue weighted by molar-refractivity contribution is 7.90. The van der Waals surface area contributed by atoms with E-state index in [9.17, 15) is 13.2 Å². The lowest BCUT2D eigenvalue weighted by molar-refractivity contribution is 0.0792. The smallest absolute Gasteiger partial charge is 0.253 e. The van der Waals surface area contributed by atoms with Gasteiger partial charge in [-0.05, 0) is 31.0 Å². The zero-order valence-electron chi connectivity index (χ0n) is 9.72. The summed E-state index contributed by atoms with van der Waals surface area (Å²) in [5.74, 6) is -0.0759. The minimum absolute atomic E-state index is 0.0759. The number of hydrogen-bond donors (Lipinski definition) is 0. The number of rotatable bonds is 2. The van der Waals surface area contributed by atoms with E-state index >= 15 is 0 Å². The Balaban J connectivity index is 2.30. The van der Waals surface area contributed by atoms with Crippen LogP contribution in [-0.2, 0) is 9.84 Å². The van der Waals surface area contributed by atoms with Gasteiger partial charge in [0, 0.05) is 24.9 Å². The SMILES string of the molecule is CS(=O)(=O)c1cccc(C(=O)N2CCCC2)c1. The van der Waals surface area contributed by atoms with Gasteiger partial charge in [-0.1, -0.05) is 6.07 Å². The number of benzene rings is 1. The molecule has 0 aromatic heterocycles. The van der Waals surface area contributed by atoms with E-state index in [0.717, 1.165) is 32.2 Å². The molecule has 0 unspecified atom stereocenters. The van der Waals surface area contributed by atoms with Gasteiger partial charge in [0.1, 0.15) is 0 Å². The molecular formula is C12H15NO3S. The van der Waals surface area contributed by atoms with Gasteiger partial charge < -0.3 is 4.90 Å². The first-order chi connectivity index (χ1) is 7.98. The molecule has 0 aliphatic carbocycles. The number of likely N-dealkylation sites (tertiary alicyclic amines) is 1. The van der Waals surface area contributed by atoms with E-state index in [0.29, 0.717) is 5.56 Å². The fourth-order valence-corrected chi connectivity index (χ4v) is 2.63. The molecule has 1 aliphatic heterocycles. The van der Waals surface area contributed by atoms with Gasteiger partial charge in [0.25, 0.3) is 5.91 Å². The molecule has 2 rings (SSSR count). The number of nitrogens with zero attached hydrogens (tertiary/aromatic N) is 1. The number of hydrogen-bond acceptors (Lipinski definition) is 3. The predicted octanol–water partition coefficient (Wildman–Crippen LogP) is 1.33. The Morgan fingerprint density at radius 3 is 2.47 bits per heavy atom. The van der Waals surface area contributed by atoms with Crippen LogP contribution in [0.5, 0.6) is 0 Å². The van der Waals surface area contributed by atoms with Crippen LogP contribution >= 0.6 is 0 Å². The first-order valence-corrected chi connectivity index (χ1v) is 7.47. The molecule has 1 saturated heterocycles. The second-order valence-electron chi connectivity index (χ2n) is 4.30. The molecule has 0 bridgehead atoms. The molecule has 0 N–H and O–H groups in total. The summed E-state index contributed by atoms with van der Waals surface area (Å²) in [6.07, 6.45) is 3.20. The molecular weight excluding hydrogens is 238 g/mol. The molecule has 1 aliphatic rings. The number of carbonyl (C=O) groups is 1. The largest absolute Gasteiger partial charge is 0.339 e. The third-order valence-electron chi connectivity index (χ3n) is 2.90. The summed E-state index contributed by atoms with van der Waals surface area (Å²) in [4.78, 5) is 14.0. The predicted molar refractivity (Wildman–Crippen MR) is 64.7 cm³/mol. The van der Waals surface area contributed by atoms with Crippen molar-refractivity contribution in [1.29, 1.82) is 0 Å². The molecule has 1 fully saturated rings. The van der Waals surface area contributed by atoms with Crippen LogP contribution in [0.15, 0.2) is 29.2 Å². The van der Waals surface area contributed by atoms with Gasteiger partial charge in [-0.3, -0.25) is 4.79 Å². The summed E-state index contributed by atoms with van der Waals surface area (Å²) < 4.78 is 22.8. The minimum atomic E-state index is -3.25. The monoisotopic (exact) mass is 253 g/mol. The van der Waals surface area contributed by atoms with Gasteiger partial charge in [0.05, 0.1) is 4.90 Å². The molecule has 1 aromatic rings. The summed E-state index contributed by atoms with van der Waals surface area (Å²) in [7, 11) is -3.25. The van der Waals surface area contributed by atoms with Crippen LogP contribution in [0.25, 0.3) is 0 Å². The molecule has 1 aromatic carbocycles. The Morgan fingerprint density at radius 1 is 1.24 bits per heavy atom. The Bertz CT molecular complexity index is 530. The summed E-state index contributed by atoms with van der Waals surface area (Å²) >= 11 is 0. The lowest BCUT2D eigenvalue weighted by Gasteiger charge is -2.15. The summed E-state index contributed by atoms with van der Waals surface area (Å²) in [5.41, 5.74) is 0.454. The van der Waals surface area contributed by atoms with Crippen LogP contribution < -0.4 is 0 Å². The highest BCUT2D eigenvalue weighted by Gasteiger charge is 2.20. The van der Waals surface area contributed by atoms with E-state index in [4.69, 9.17) is 0 Å². The van der Waals surface area contributed by atoms with E-state index in [1.54, 1.807) is 17.0 Å². The minimum Gasteiger partial charge on any atom is -0.339 e. The van der Waals surface area contributed by atoms with Crippen LogP contribution in [0.3, 0.4) is 0 Å². The average molecular weight is 253 g/mol. The lowest BCUT2D eigenvalue weighted by Crippen LogP contribution is -2.27. The Labute approximate surface area is 101 Å². The fourth-order valence-electron chi connectivity index (χ4n) is 1.96. The molecule has 0 spiro atoms. The molecule has 0 saturated carbocycles. The number of amides is 1. The van der Waals surface area contributed by atoms with Crippen molar-refractivity contribution in [2.75, 3.05) is 19.3 Å². The summed E-state index contributed by atoms with van der Waals surface area (Å²) in [5, 5.41) is 0. The van der Waals surface area contributed by atoms with Crippen molar-refractivity contribution in [2.45, 2.75) is 17.7 Å². The van der Waals surface area contributed by atoms with E-state index in [1.165, 1.54) is 12.1 Å². The first-order valence-electron chi connectivity index (χ1n) is 5.58. The Hall–Kier alpha value is -1.36. The number of sulfone groups is 1. The molecule has 1 heterocycles. The molecule has 0 atom stereocenters. The first kappa shape index (κ1) is 12.1. The third kappa shape index (κ3) is 2.66. The van der Waals surface area contributed by atoms with Crippen LogP contribution in [0, 0.1) is 0 Å². The normalized spacial score (nSPS) is 16.2. The van der Waals surface area contributed by atoms with Crippen molar-refractivity contribution >= 4 is 15.7 Å². The lowest BCUT2D eigenvalue weighted by atomic mass is 10.2. The fraction of sp³-hybridized carbons (Fsp3) is 0.417. The van der Waals surface area contributed by atoms with Gasteiger partial charge >= 0.3 is 0 Å². The average Bonchev–Trinajstić information content (AvgIpc) is 2.80. The molecule has 1 amide bonds. The second-order valence-corrected chi connectivity index (χ2v) is 6.32. The van der Waals surface area contributed by atoms with Crippen molar-refractivity contribution in [3.8, 4) is 0 Å². The van der Waals surface area contributed by atoms with Crippen molar-refractivity contribution in [3.05, 3.63) is 29.8 Å². The van der Waals surface area contributed by atoms with Crippen molar-refractivity contribution in [1.82, 2.24) is 4.90 Å². The molecule has 0 radical (unpaired) electrons. The number of carbonyl (C=O) groups excluding carboxylic acids is 1. The van der Waals surface area contributed by atoms with Crippen LogP contribution in [-0.4, -0.2) is 38.6 Å². The van der Waals surface area contributed by atoms with Crippen LogP contribution in [0.2, 0.25) is 0 Å². The zero-order valence-corrected chi connectivity index (χ0v) is 10.5. The standard InChI is InChI=1S/C12H15NO3S/c1-17(15,16)11-6-4-5-10(9-11)12(14)13-7-2-3-8-13/h4-6,9H,2-3,7-8H2,1H3. The molecule has 92 valence electrons. The van der Waals surface area contributed by atoms with E-state index < -0.39 is 9.84 Å². The van der Waals surface area contributed by atoms with E-state index in [1.807, 2.05) is 0 Å². The highest BCUT2D eigenvalue weighted by atomic mass is 32.2. The van der Waals surface area contributed by atoms with Crippen molar-refractivity contribution < 1.29 is 13.2 Å². The van der Waals surface area contributed by atoms with Gasteiger partial charge in [0.2, 0.25) is 0 Å². The molecule has 5 heteroatoms. The van der Waals surface area contributed by atoms with Crippen molar-refractivity contribution in [2.24, 2.45) is 0 Å². The maximum absolute atomic E-state index is 12.1. The van der Waals surface area contributed by atoms with Crippen LogP contribution in [0.4, 0.5) is 0 Å². The zero-order chi connectivity index (χ0) is 12.5. The topological polar surface area (TPSA) is 54.5 Å². The van der Waals surface area contributed by atoms with E-state index in [2.05, 4.69) is 0 Å². The molecule has 17 heavy (non-hydrogen) atoms. The van der Waals surface area contributed by atoms with Gasteiger partial charge in [-0.15, -0.1) is 0 Å².